The van der Waals surface area contributed by atoms with Gasteiger partial charge in [-0.25, -0.2) is 18.1 Å². The van der Waals surface area contributed by atoms with Crippen molar-refractivity contribution in [2.24, 2.45) is 0 Å². The molecule has 1 aromatic heterocycles. The number of nitrogens with one attached hydrogen (secondary N) is 1. The highest BCUT2D eigenvalue weighted by Crippen LogP contribution is 2.24. The normalized spacial score (nSPS) is 11.9. The summed E-state index contributed by atoms with van der Waals surface area (Å²) < 4.78 is 26.4. The SMILES string of the molecule is CCCCCNS(=O)(=O)c1sc(N)nc1C. The molecular weight excluding hydrogens is 246 g/mol. The van der Waals surface area contributed by atoms with Crippen LogP contribution in [0.15, 0.2) is 4.21 Å². The number of nitrogen functional groups attached to an aromatic ring is 1. The van der Waals surface area contributed by atoms with Gasteiger partial charge in [-0.1, -0.05) is 31.1 Å². The Labute approximate surface area is 100 Å². The summed E-state index contributed by atoms with van der Waals surface area (Å²) in [6, 6.07) is 0. The van der Waals surface area contributed by atoms with E-state index in [-0.39, 0.29) is 9.34 Å². The number of nitrogens with two attached hydrogens (primary N) is 1. The maximum absolute atomic E-state index is 11.8. The van der Waals surface area contributed by atoms with Gasteiger partial charge >= 0.3 is 0 Å². The molecule has 1 heterocycles. The van der Waals surface area contributed by atoms with Crippen molar-refractivity contribution in [3.05, 3.63) is 5.69 Å². The van der Waals surface area contributed by atoms with E-state index in [9.17, 15) is 8.42 Å². The van der Waals surface area contributed by atoms with Crippen LogP contribution in [-0.4, -0.2) is 19.9 Å². The Morgan fingerprint density at radius 3 is 2.62 bits per heavy atom. The maximum Gasteiger partial charge on any atom is 0.252 e. The van der Waals surface area contributed by atoms with Crippen molar-refractivity contribution in [1.82, 2.24) is 9.71 Å². The fourth-order valence-corrected chi connectivity index (χ4v) is 3.72. The molecule has 0 unspecified atom stereocenters. The minimum absolute atomic E-state index is 0.224. The van der Waals surface area contributed by atoms with Crippen molar-refractivity contribution in [2.45, 2.75) is 37.3 Å². The van der Waals surface area contributed by atoms with Gasteiger partial charge in [-0.05, 0) is 13.3 Å². The Kier molecular flexibility index (Phi) is 4.69. The van der Waals surface area contributed by atoms with E-state index < -0.39 is 10.0 Å². The highest BCUT2D eigenvalue weighted by molar-refractivity contribution is 7.91. The molecule has 0 radical (unpaired) electrons. The van der Waals surface area contributed by atoms with Crippen molar-refractivity contribution in [3.63, 3.8) is 0 Å². The highest BCUT2D eigenvalue weighted by Gasteiger charge is 2.20. The first-order valence-electron chi connectivity index (χ1n) is 5.20. The second-order valence-electron chi connectivity index (χ2n) is 3.53. The summed E-state index contributed by atoms with van der Waals surface area (Å²) in [7, 11) is -3.42. The summed E-state index contributed by atoms with van der Waals surface area (Å²) in [6.45, 7) is 4.18. The molecule has 1 aromatic rings. The largest absolute Gasteiger partial charge is 0.375 e. The number of rotatable bonds is 6. The van der Waals surface area contributed by atoms with Gasteiger partial charge in [-0.3, -0.25) is 0 Å². The third-order valence-corrected chi connectivity index (χ3v) is 5.14. The molecule has 0 aliphatic heterocycles. The maximum atomic E-state index is 11.8. The molecule has 7 heteroatoms. The van der Waals surface area contributed by atoms with Gasteiger partial charge in [0.15, 0.2) is 9.34 Å². The molecule has 92 valence electrons. The fourth-order valence-electron chi connectivity index (χ4n) is 1.30. The average molecular weight is 263 g/mol. The van der Waals surface area contributed by atoms with Gasteiger partial charge in [0.1, 0.15) is 0 Å². The number of unbranched alkanes of at least 4 members (excludes halogenated alkanes) is 2. The second kappa shape index (κ2) is 5.60. The lowest BCUT2D eigenvalue weighted by Gasteiger charge is -2.04. The van der Waals surface area contributed by atoms with Crippen molar-refractivity contribution in [1.29, 1.82) is 0 Å². The number of hydrogen-bond donors (Lipinski definition) is 2. The predicted octanol–water partition coefficient (Wildman–Crippen LogP) is 1.50. The summed E-state index contributed by atoms with van der Waals surface area (Å²) >= 11 is 1.00. The third kappa shape index (κ3) is 3.43. The quantitative estimate of drug-likeness (QED) is 0.762. The van der Waals surface area contributed by atoms with Crippen LogP contribution in [0.5, 0.6) is 0 Å². The van der Waals surface area contributed by atoms with E-state index in [4.69, 9.17) is 5.73 Å². The highest BCUT2D eigenvalue weighted by atomic mass is 32.2. The van der Waals surface area contributed by atoms with Crippen LogP contribution in [0.25, 0.3) is 0 Å². The Morgan fingerprint density at radius 2 is 2.12 bits per heavy atom. The van der Waals surface area contributed by atoms with Gasteiger partial charge < -0.3 is 5.73 Å². The molecule has 0 fully saturated rings. The molecule has 0 bridgehead atoms. The number of nitrogens with zero attached hydrogens (tertiary/aromatic N) is 1. The van der Waals surface area contributed by atoms with Gasteiger partial charge in [0, 0.05) is 6.54 Å². The lowest BCUT2D eigenvalue weighted by atomic mass is 10.3. The zero-order valence-corrected chi connectivity index (χ0v) is 11.1. The Hall–Kier alpha value is -0.660. The van der Waals surface area contributed by atoms with Crippen LogP contribution in [0.1, 0.15) is 31.9 Å². The smallest absolute Gasteiger partial charge is 0.252 e. The molecule has 16 heavy (non-hydrogen) atoms. The molecule has 0 spiro atoms. The van der Waals surface area contributed by atoms with Crippen molar-refractivity contribution >= 4 is 26.5 Å². The molecule has 0 aliphatic rings. The first-order valence-corrected chi connectivity index (χ1v) is 7.50. The Bertz CT molecular complexity index is 440. The van der Waals surface area contributed by atoms with E-state index in [0.29, 0.717) is 12.2 Å². The summed E-state index contributed by atoms with van der Waals surface area (Å²) in [6.07, 6.45) is 2.93. The van der Waals surface area contributed by atoms with E-state index in [2.05, 4.69) is 16.6 Å². The average Bonchev–Trinajstić information content (AvgIpc) is 2.53. The fraction of sp³-hybridized carbons (Fsp3) is 0.667. The Balaban J connectivity index is 2.67. The van der Waals surface area contributed by atoms with E-state index in [1.807, 2.05) is 0 Å². The van der Waals surface area contributed by atoms with Crippen LogP contribution in [0, 0.1) is 6.92 Å². The summed E-state index contributed by atoms with van der Waals surface area (Å²) in [5.74, 6) is 0. The zero-order valence-electron chi connectivity index (χ0n) is 9.49. The van der Waals surface area contributed by atoms with E-state index >= 15 is 0 Å². The summed E-state index contributed by atoms with van der Waals surface area (Å²) in [4.78, 5) is 3.90. The van der Waals surface area contributed by atoms with Crippen LogP contribution in [-0.2, 0) is 10.0 Å². The van der Waals surface area contributed by atoms with E-state index in [1.54, 1.807) is 6.92 Å². The minimum Gasteiger partial charge on any atom is -0.375 e. The van der Waals surface area contributed by atoms with Crippen LogP contribution < -0.4 is 10.5 Å². The lowest BCUT2D eigenvalue weighted by molar-refractivity contribution is 0.577. The van der Waals surface area contributed by atoms with Crippen LogP contribution >= 0.6 is 11.3 Å². The van der Waals surface area contributed by atoms with Gasteiger partial charge in [0.2, 0.25) is 0 Å². The number of aromatic nitrogens is 1. The van der Waals surface area contributed by atoms with Gasteiger partial charge in [0.25, 0.3) is 10.0 Å². The zero-order chi connectivity index (χ0) is 12.2. The molecule has 0 saturated carbocycles. The predicted molar refractivity (Wildman–Crippen MR) is 66.0 cm³/mol. The molecule has 0 atom stereocenters. The minimum atomic E-state index is -3.42. The van der Waals surface area contributed by atoms with Crippen LogP contribution in [0.2, 0.25) is 0 Å². The van der Waals surface area contributed by atoms with Gasteiger partial charge in [-0.15, -0.1) is 0 Å². The molecule has 0 aromatic carbocycles. The lowest BCUT2D eigenvalue weighted by Crippen LogP contribution is -2.24. The number of aryl methyl sites for hydroxylation is 1. The standard InChI is InChI=1S/C9H17N3O2S2/c1-3-4-5-6-11-16(13,14)8-7(2)12-9(10)15-8/h11H,3-6H2,1-2H3,(H2,10,12). The molecule has 0 amide bonds. The van der Waals surface area contributed by atoms with Gasteiger partial charge in [0.05, 0.1) is 5.69 Å². The van der Waals surface area contributed by atoms with Crippen molar-refractivity contribution < 1.29 is 8.42 Å². The number of thiazole rings is 1. The monoisotopic (exact) mass is 263 g/mol. The van der Waals surface area contributed by atoms with Crippen LogP contribution in [0.4, 0.5) is 5.13 Å². The summed E-state index contributed by atoms with van der Waals surface area (Å²) in [5, 5.41) is 0.284. The topological polar surface area (TPSA) is 85.1 Å². The van der Waals surface area contributed by atoms with Crippen LogP contribution in [0.3, 0.4) is 0 Å². The molecule has 1 rings (SSSR count). The molecule has 3 N–H and O–H groups in total. The number of anilines is 1. The van der Waals surface area contributed by atoms with Crippen molar-refractivity contribution in [3.8, 4) is 0 Å². The molecule has 0 saturated heterocycles. The Morgan fingerprint density at radius 1 is 1.44 bits per heavy atom. The first kappa shape index (κ1) is 13.4. The molecular formula is C9H17N3O2S2. The van der Waals surface area contributed by atoms with Gasteiger partial charge in [-0.2, -0.15) is 0 Å². The molecule has 5 nitrogen and oxygen atoms in total. The van der Waals surface area contributed by atoms with E-state index in [0.717, 1.165) is 30.6 Å². The van der Waals surface area contributed by atoms with E-state index in [1.165, 1.54) is 0 Å². The van der Waals surface area contributed by atoms with Crippen molar-refractivity contribution in [2.75, 3.05) is 12.3 Å². The molecule has 0 aliphatic carbocycles. The second-order valence-corrected chi connectivity index (χ2v) is 6.52. The number of sulfonamides is 1. The number of hydrogen-bond acceptors (Lipinski definition) is 5. The first-order chi connectivity index (χ1) is 7.47. The third-order valence-electron chi connectivity index (χ3n) is 2.09. The summed E-state index contributed by atoms with van der Waals surface area (Å²) in [5.41, 5.74) is 5.93.